The highest BCUT2D eigenvalue weighted by Gasteiger charge is 2.12. The topological polar surface area (TPSA) is 29.1 Å². The SMILES string of the molecule is Cc1ccc([C@H](C)NC(=O)CSc2cc(Cl)ccc2Cl)cc1C. The van der Waals surface area contributed by atoms with Gasteiger partial charge in [0.15, 0.2) is 0 Å². The normalized spacial score (nSPS) is 12.0. The van der Waals surface area contributed by atoms with E-state index in [4.69, 9.17) is 23.2 Å². The highest BCUT2D eigenvalue weighted by atomic mass is 35.5. The molecule has 0 unspecified atom stereocenters. The third kappa shape index (κ3) is 5.17. The van der Waals surface area contributed by atoms with Crippen molar-refractivity contribution in [3.05, 3.63) is 63.1 Å². The van der Waals surface area contributed by atoms with Crippen molar-refractivity contribution in [2.75, 3.05) is 5.75 Å². The molecule has 23 heavy (non-hydrogen) atoms. The Morgan fingerprint density at radius 1 is 1.13 bits per heavy atom. The number of benzene rings is 2. The molecule has 2 aromatic rings. The number of carbonyl (C=O) groups is 1. The van der Waals surface area contributed by atoms with E-state index >= 15 is 0 Å². The largest absolute Gasteiger partial charge is 0.349 e. The van der Waals surface area contributed by atoms with Gasteiger partial charge in [-0.1, -0.05) is 41.4 Å². The number of carbonyl (C=O) groups excluding carboxylic acids is 1. The Morgan fingerprint density at radius 3 is 2.57 bits per heavy atom. The Labute approximate surface area is 151 Å². The molecule has 1 amide bonds. The van der Waals surface area contributed by atoms with Crippen molar-refractivity contribution in [1.29, 1.82) is 0 Å². The lowest BCUT2D eigenvalue weighted by atomic mass is 10.0. The summed E-state index contributed by atoms with van der Waals surface area (Å²) < 4.78 is 0. The molecule has 1 N–H and O–H groups in total. The highest BCUT2D eigenvalue weighted by Crippen LogP contribution is 2.29. The molecule has 0 saturated heterocycles. The first-order valence-corrected chi connectivity index (χ1v) is 9.05. The van der Waals surface area contributed by atoms with Crippen LogP contribution in [0.25, 0.3) is 0 Å². The quantitative estimate of drug-likeness (QED) is 0.698. The molecule has 122 valence electrons. The van der Waals surface area contributed by atoms with Crippen LogP contribution in [-0.4, -0.2) is 11.7 Å². The first kappa shape index (κ1) is 18.2. The Bertz CT molecular complexity index is 718. The van der Waals surface area contributed by atoms with Crippen LogP contribution in [0.2, 0.25) is 10.0 Å². The summed E-state index contributed by atoms with van der Waals surface area (Å²) in [6.45, 7) is 6.14. The molecule has 0 bridgehead atoms. The molecular formula is C18H19Cl2NOS. The van der Waals surface area contributed by atoms with Crippen LogP contribution in [0.5, 0.6) is 0 Å². The third-order valence-electron chi connectivity index (χ3n) is 3.66. The minimum Gasteiger partial charge on any atom is -0.349 e. The number of rotatable bonds is 5. The number of halogens is 2. The van der Waals surface area contributed by atoms with Gasteiger partial charge < -0.3 is 5.32 Å². The highest BCUT2D eigenvalue weighted by molar-refractivity contribution is 8.00. The fourth-order valence-corrected chi connectivity index (χ4v) is 3.44. The van der Waals surface area contributed by atoms with Crippen LogP contribution >= 0.6 is 35.0 Å². The summed E-state index contributed by atoms with van der Waals surface area (Å²) in [7, 11) is 0. The molecule has 0 aliphatic heterocycles. The van der Waals surface area contributed by atoms with E-state index in [1.807, 2.05) is 13.0 Å². The molecule has 0 fully saturated rings. The van der Waals surface area contributed by atoms with Crippen LogP contribution in [0.4, 0.5) is 0 Å². The molecule has 0 aliphatic rings. The Hall–Kier alpha value is -1.16. The molecule has 0 spiro atoms. The predicted octanol–water partition coefficient (Wildman–Crippen LogP) is 5.58. The lowest BCUT2D eigenvalue weighted by Crippen LogP contribution is -2.28. The first-order valence-electron chi connectivity index (χ1n) is 7.31. The van der Waals surface area contributed by atoms with Gasteiger partial charge in [-0.3, -0.25) is 4.79 Å². The predicted molar refractivity (Wildman–Crippen MR) is 99.7 cm³/mol. The van der Waals surface area contributed by atoms with E-state index in [-0.39, 0.29) is 11.9 Å². The van der Waals surface area contributed by atoms with Gasteiger partial charge in [0.1, 0.15) is 0 Å². The zero-order chi connectivity index (χ0) is 17.0. The number of hydrogen-bond acceptors (Lipinski definition) is 2. The van der Waals surface area contributed by atoms with Gasteiger partial charge in [-0.2, -0.15) is 0 Å². The van der Waals surface area contributed by atoms with Crippen molar-refractivity contribution in [2.45, 2.75) is 31.7 Å². The fraction of sp³-hybridized carbons (Fsp3) is 0.278. The molecule has 0 radical (unpaired) electrons. The Morgan fingerprint density at radius 2 is 1.87 bits per heavy atom. The maximum Gasteiger partial charge on any atom is 0.230 e. The summed E-state index contributed by atoms with van der Waals surface area (Å²) in [5.74, 6) is 0.270. The standard InChI is InChI=1S/C18H19Cl2NOS/c1-11-4-5-14(8-12(11)2)13(3)21-18(22)10-23-17-9-15(19)6-7-16(17)20/h4-9,13H,10H2,1-3H3,(H,21,22)/t13-/m0/s1. The molecule has 5 heteroatoms. The Kier molecular flexibility index (Phi) is 6.40. The van der Waals surface area contributed by atoms with E-state index in [0.717, 1.165) is 10.5 Å². The van der Waals surface area contributed by atoms with Gasteiger partial charge in [0.25, 0.3) is 0 Å². The summed E-state index contributed by atoms with van der Waals surface area (Å²) >= 11 is 13.4. The van der Waals surface area contributed by atoms with Crippen LogP contribution in [0, 0.1) is 13.8 Å². The number of hydrogen-bond donors (Lipinski definition) is 1. The van der Waals surface area contributed by atoms with Crippen LogP contribution in [0.15, 0.2) is 41.3 Å². The summed E-state index contributed by atoms with van der Waals surface area (Å²) in [6.07, 6.45) is 0. The molecular weight excluding hydrogens is 349 g/mol. The zero-order valence-electron chi connectivity index (χ0n) is 13.3. The molecule has 0 aromatic heterocycles. The van der Waals surface area contributed by atoms with Gasteiger partial charge in [-0.15, -0.1) is 11.8 Å². The fourth-order valence-electron chi connectivity index (χ4n) is 2.13. The summed E-state index contributed by atoms with van der Waals surface area (Å²) in [5, 5.41) is 4.23. The summed E-state index contributed by atoms with van der Waals surface area (Å²) in [4.78, 5) is 13.0. The van der Waals surface area contributed by atoms with E-state index in [9.17, 15) is 4.79 Å². The smallest absolute Gasteiger partial charge is 0.230 e. The second-order valence-electron chi connectivity index (χ2n) is 5.50. The van der Waals surface area contributed by atoms with Crippen molar-refractivity contribution >= 4 is 40.9 Å². The number of nitrogens with one attached hydrogen (secondary N) is 1. The van der Waals surface area contributed by atoms with Gasteiger partial charge in [0, 0.05) is 9.92 Å². The van der Waals surface area contributed by atoms with Gasteiger partial charge in [0.05, 0.1) is 16.8 Å². The van der Waals surface area contributed by atoms with Crippen LogP contribution in [0.3, 0.4) is 0 Å². The second kappa shape index (κ2) is 8.09. The zero-order valence-corrected chi connectivity index (χ0v) is 15.6. The van der Waals surface area contributed by atoms with Crippen molar-refractivity contribution < 1.29 is 4.79 Å². The van der Waals surface area contributed by atoms with Crippen LogP contribution in [0.1, 0.15) is 29.7 Å². The summed E-state index contributed by atoms with van der Waals surface area (Å²) in [6, 6.07) is 11.5. The van der Waals surface area contributed by atoms with Crippen molar-refractivity contribution in [3.63, 3.8) is 0 Å². The molecule has 0 heterocycles. The van der Waals surface area contributed by atoms with E-state index < -0.39 is 0 Å². The van der Waals surface area contributed by atoms with Crippen molar-refractivity contribution in [1.82, 2.24) is 5.32 Å². The molecule has 0 aliphatic carbocycles. The van der Waals surface area contributed by atoms with Gasteiger partial charge in [-0.25, -0.2) is 0 Å². The molecule has 1 atom stereocenters. The average Bonchev–Trinajstić information content (AvgIpc) is 2.50. The molecule has 2 aromatic carbocycles. The maximum absolute atomic E-state index is 12.1. The minimum absolute atomic E-state index is 0.0303. The lowest BCUT2D eigenvalue weighted by molar-refractivity contribution is -0.119. The molecule has 0 saturated carbocycles. The molecule has 2 nitrogen and oxygen atoms in total. The average molecular weight is 368 g/mol. The first-order chi connectivity index (χ1) is 10.9. The second-order valence-corrected chi connectivity index (χ2v) is 7.36. The lowest BCUT2D eigenvalue weighted by Gasteiger charge is -2.16. The van der Waals surface area contributed by atoms with E-state index in [2.05, 4.69) is 31.3 Å². The number of amides is 1. The van der Waals surface area contributed by atoms with Crippen LogP contribution in [-0.2, 0) is 4.79 Å². The number of thioether (sulfide) groups is 1. The Balaban J connectivity index is 1.93. The van der Waals surface area contributed by atoms with E-state index in [0.29, 0.717) is 15.8 Å². The van der Waals surface area contributed by atoms with E-state index in [1.165, 1.54) is 22.9 Å². The van der Waals surface area contributed by atoms with Crippen molar-refractivity contribution in [3.8, 4) is 0 Å². The van der Waals surface area contributed by atoms with Crippen molar-refractivity contribution in [2.24, 2.45) is 0 Å². The van der Waals surface area contributed by atoms with Crippen LogP contribution < -0.4 is 5.32 Å². The van der Waals surface area contributed by atoms with Gasteiger partial charge in [0.2, 0.25) is 5.91 Å². The number of aryl methyl sites for hydroxylation is 2. The summed E-state index contributed by atoms with van der Waals surface area (Å²) in [5.41, 5.74) is 3.58. The van der Waals surface area contributed by atoms with E-state index in [1.54, 1.807) is 18.2 Å². The maximum atomic E-state index is 12.1. The monoisotopic (exact) mass is 367 g/mol. The minimum atomic E-state index is -0.0308. The third-order valence-corrected chi connectivity index (χ3v) is 5.39. The van der Waals surface area contributed by atoms with Gasteiger partial charge in [-0.05, 0) is 55.7 Å². The molecule has 2 rings (SSSR count). The van der Waals surface area contributed by atoms with Gasteiger partial charge >= 0.3 is 0 Å².